The molecule has 2 N–H and O–H groups in total. The standard InChI is InChI=1S/C23H21F2N7O2S/c1-31-8-6-23(34,21(31)33)15-4-2-3-14(9-15)18-13-35-20(29-18)17-5-7-26-22(30-17)28-16-10-27-32(11-16)12-19(24)25/h2-5,7,9-11,13,19,34H,6,8,12H2,1H3,(H,26,28,30). The Balaban J connectivity index is 1.36. The Bertz CT molecular complexity index is 1380. The van der Waals surface area contributed by atoms with Gasteiger partial charge in [0, 0.05) is 43.4 Å². The van der Waals surface area contributed by atoms with Crippen LogP contribution >= 0.6 is 11.3 Å². The first kappa shape index (κ1) is 23.0. The third kappa shape index (κ3) is 4.62. The van der Waals surface area contributed by atoms with Gasteiger partial charge in [0.25, 0.3) is 12.3 Å². The lowest BCUT2D eigenvalue weighted by Crippen LogP contribution is -2.36. The van der Waals surface area contributed by atoms with E-state index in [0.29, 0.717) is 40.6 Å². The Kier molecular flexibility index (Phi) is 5.99. The summed E-state index contributed by atoms with van der Waals surface area (Å²) in [6.07, 6.45) is 2.30. The number of halogens is 2. The van der Waals surface area contributed by atoms with Gasteiger partial charge in [-0.25, -0.2) is 23.7 Å². The van der Waals surface area contributed by atoms with Gasteiger partial charge in [0.2, 0.25) is 5.95 Å². The van der Waals surface area contributed by atoms with Gasteiger partial charge in [0.05, 0.1) is 17.6 Å². The van der Waals surface area contributed by atoms with Gasteiger partial charge in [-0.1, -0.05) is 18.2 Å². The topological polar surface area (TPSA) is 109 Å². The van der Waals surface area contributed by atoms with Crippen molar-refractivity contribution in [2.24, 2.45) is 0 Å². The molecule has 1 aliphatic heterocycles. The molecular formula is C23H21F2N7O2S. The number of hydrogen-bond donors (Lipinski definition) is 2. The van der Waals surface area contributed by atoms with Gasteiger partial charge < -0.3 is 15.3 Å². The fraction of sp³-hybridized carbons (Fsp3) is 0.261. The monoisotopic (exact) mass is 497 g/mol. The highest BCUT2D eigenvalue weighted by Crippen LogP contribution is 2.35. The van der Waals surface area contributed by atoms with Crippen molar-refractivity contribution in [3.8, 4) is 22.0 Å². The van der Waals surface area contributed by atoms with E-state index < -0.39 is 18.6 Å². The lowest BCUT2D eigenvalue weighted by atomic mass is 9.90. The van der Waals surface area contributed by atoms with Crippen molar-refractivity contribution in [3.63, 3.8) is 0 Å². The average Bonchev–Trinajstić information content (AvgIpc) is 3.57. The summed E-state index contributed by atoms with van der Waals surface area (Å²) in [7, 11) is 1.68. The Morgan fingerprint density at radius 3 is 2.89 bits per heavy atom. The second kappa shape index (κ2) is 9.12. The molecule has 1 fully saturated rings. The quantitative estimate of drug-likeness (QED) is 0.402. The minimum absolute atomic E-state index is 0.281. The van der Waals surface area contributed by atoms with Crippen LogP contribution in [-0.4, -0.2) is 60.7 Å². The van der Waals surface area contributed by atoms with Crippen LogP contribution in [-0.2, 0) is 16.9 Å². The third-order valence-electron chi connectivity index (χ3n) is 5.74. The molecule has 0 spiro atoms. The van der Waals surface area contributed by atoms with Crippen LogP contribution in [0.4, 0.5) is 20.4 Å². The van der Waals surface area contributed by atoms with Crippen molar-refractivity contribution < 1.29 is 18.7 Å². The van der Waals surface area contributed by atoms with E-state index in [2.05, 4.69) is 25.4 Å². The fourth-order valence-electron chi connectivity index (χ4n) is 3.92. The van der Waals surface area contributed by atoms with Crippen molar-refractivity contribution >= 4 is 28.9 Å². The molecule has 1 atom stereocenters. The van der Waals surface area contributed by atoms with Crippen molar-refractivity contribution in [1.29, 1.82) is 0 Å². The number of thiazole rings is 1. The van der Waals surface area contributed by atoms with E-state index in [1.165, 1.54) is 28.6 Å². The number of hydrogen-bond acceptors (Lipinski definition) is 8. The number of aliphatic hydroxyl groups is 1. The van der Waals surface area contributed by atoms with Gasteiger partial charge in [-0.3, -0.25) is 9.48 Å². The van der Waals surface area contributed by atoms with Gasteiger partial charge in [0.1, 0.15) is 17.2 Å². The Morgan fingerprint density at radius 2 is 2.11 bits per heavy atom. The molecule has 1 amide bonds. The van der Waals surface area contributed by atoms with Crippen molar-refractivity contribution in [2.75, 3.05) is 18.9 Å². The predicted molar refractivity (Wildman–Crippen MR) is 126 cm³/mol. The smallest absolute Gasteiger partial charge is 0.258 e. The second-order valence-corrected chi connectivity index (χ2v) is 9.05. The normalized spacial score (nSPS) is 18.0. The van der Waals surface area contributed by atoms with E-state index in [4.69, 9.17) is 0 Å². The number of benzene rings is 1. The zero-order valence-corrected chi connectivity index (χ0v) is 19.4. The summed E-state index contributed by atoms with van der Waals surface area (Å²) >= 11 is 1.39. The van der Waals surface area contributed by atoms with E-state index >= 15 is 0 Å². The van der Waals surface area contributed by atoms with Crippen LogP contribution in [0.5, 0.6) is 0 Å². The number of likely N-dealkylation sites (tertiary alicyclic amines) is 1. The lowest BCUT2D eigenvalue weighted by molar-refractivity contribution is -0.143. The van der Waals surface area contributed by atoms with E-state index in [0.717, 1.165) is 10.2 Å². The first-order valence-corrected chi connectivity index (χ1v) is 11.7. The molecule has 1 saturated heterocycles. The van der Waals surface area contributed by atoms with E-state index in [-0.39, 0.29) is 11.9 Å². The van der Waals surface area contributed by atoms with Crippen molar-refractivity contribution in [2.45, 2.75) is 25.0 Å². The summed E-state index contributed by atoms with van der Waals surface area (Å²) in [6, 6.07) is 8.94. The minimum Gasteiger partial charge on any atom is -0.375 e. The number of amides is 1. The first-order chi connectivity index (χ1) is 16.8. The van der Waals surface area contributed by atoms with E-state index in [1.54, 1.807) is 37.5 Å². The summed E-state index contributed by atoms with van der Waals surface area (Å²) in [5.74, 6) is -0.0293. The minimum atomic E-state index is -2.50. The van der Waals surface area contributed by atoms with Gasteiger partial charge >= 0.3 is 0 Å². The average molecular weight is 498 g/mol. The number of rotatable bonds is 7. The van der Waals surface area contributed by atoms with Crippen LogP contribution < -0.4 is 5.32 Å². The van der Waals surface area contributed by atoms with Crippen molar-refractivity contribution in [3.05, 3.63) is 59.9 Å². The number of nitrogens with zero attached hydrogens (tertiary/aromatic N) is 6. The van der Waals surface area contributed by atoms with E-state index in [1.807, 2.05) is 11.4 Å². The largest absolute Gasteiger partial charge is 0.375 e. The molecule has 4 aromatic rings. The molecule has 0 aliphatic carbocycles. The maximum Gasteiger partial charge on any atom is 0.258 e. The molecular weight excluding hydrogens is 476 g/mol. The molecule has 1 aromatic carbocycles. The van der Waals surface area contributed by atoms with Gasteiger partial charge in [-0.05, 0) is 17.7 Å². The molecule has 5 rings (SSSR count). The van der Waals surface area contributed by atoms with Gasteiger partial charge in [-0.15, -0.1) is 11.3 Å². The molecule has 3 aromatic heterocycles. The van der Waals surface area contributed by atoms with Crippen LogP contribution in [0, 0.1) is 0 Å². The molecule has 0 bridgehead atoms. The van der Waals surface area contributed by atoms with Crippen LogP contribution in [0.1, 0.15) is 12.0 Å². The third-order valence-corrected chi connectivity index (χ3v) is 6.60. The molecule has 1 unspecified atom stereocenters. The summed E-state index contributed by atoms with van der Waals surface area (Å²) in [5.41, 5.74) is 1.56. The lowest BCUT2D eigenvalue weighted by Gasteiger charge is -2.21. The van der Waals surface area contributed by atoms with Gasteiger partial charge in [-0.2, -0.15) is 5.10 Å². The second-order valence-electron chi connectivity index (χ2n) is 8.19. The summed E-state index contributed by atoms with van der Waals surface area (Å²) in [5, 5.41) is 20.4. The maximum absolute atomic E-state index is 12.5. The van der Waals surface area contributed by atoms with Crippen molar-refractivity contribution in [1.82, 2.24) is 29.6 Å². The number of carbonyl (C=O) groups is 1. The summed E-state index contributed by atoms with van der Waals surface area (Å²) in [6.45, 7) is 0.00539. The van der Waals surface area contributed by atoms with Gasteiger partial charge in [0.15, 0.2) is 5.60 Å². The Morgan fingerprint density at radius 1 is 1.26 bits per heavy atom. The first-order valence-electron chi connectivity index (χ1n) is 10.8. The molecule has 35 heavy (non-hydrogen) atoms. The number of alkyl halides is 2. The summed E-state index contributed by atoms with van der Waals surface area (Å²) in [4.78, 5) is 27.3. The SMILES string of the molecule is CN1CCC(O)(c2cccc(-c3csc(-c4ccnc(Nc5cnn(CC(F)F)c5)n4)n3)c2)C1=O. The highest BCUT2D eigenvalue weighted by atomic mass is 32.1. The highest BCUT2D eigenvalue weighted by Gasteiger charge is 2.45. The molecule has 1 aliphatic rings. The summed E-state index contributed by atoms with van der Waals surface area (Å²) < 4.78 is 26.2. The van der Waals surface area contributed by atoms with Crippen LogP contribution in [0.3, 0.4) is 0 Å². The fourth-order valence-corrected chi connectivity index (χ4v) is 4.72. The number of carbonyl (C=O) groups excluding carboxylic acids is 1. The molecule has 4 heterocycles. The highest BCUT2D eigenvalue weighted by molar-refractivity contribution is 7.13. The molecule has 12 heteroatoms. The Labute approximate surface area is 203 Å². The molecule has 180 valence electrons. The molecule has 9 nitrogen and oxygen atoms in total. The number of nitrogens with one attached hydrogen (secondary N) is 1. The number of likely N-dealkylation sites (N-methyl/N-ethyl adjacent to an activating group) is 1. The number of anilines is 2. The molecule has 0 radical (unpaired) electrons. The predicted octanol–water partition coefficient (Wildman–Crippen LogP) is 3.52. The van der Waals surface area contributed by atoms with Crippen LogP contribution in [0.25, 0.3) is 22.0 Å². The van der Waals surface area contributed by atoms with Crippen LogP contribution in [0.15, 0.2) is 54.3 Å². The zero-order valence-electron chi connectivity index (χ0n) is 18.6. The maximum atomic E-state index is 12.5. The number of aromatic nitrogens is 5. The van der Waals surface area contributed by atoms with E-state index in [9.17, 15) is 18.7 Å². The Hall–Kier alpha value is -3.77. The zero-order chi connectivity index (χ0) is 24.6. The molecule has 0 saturated carbocycles. The van der Waals surface area contributed by atoms with Crippen LogP contribution in [0.2, 0.25) is 0 Å².